The van der Waals surface area contributed by atoms with Crippen molar-refractivity contribution in [2.75, 3.05) is 5.73 Å². The van der Waals surface area contributed by atoms with E-state index in [2.05, 4.69) is 23.4 Å². The second-order valence-corrected chi connectivity index (χ2v) is 4.97. The summed E-state index contributed by atoms with van der Waals surface area (Å²) in [6, 6.07) is 8.11. The fraction of sp³-hybridized carbons (Fsp3) is 0.375. The Hall–Kier alpha value is -2.30. The Morgan fingerprint density at radius 3 is 2.57 bits per heavy atom. The number of nitrogens with zero attached hydrogens (tertiary/aromatic N) is 2. The van der Waals surface area contributed by atoms with Gasteiger partial charge in [-0.15, -0.1) is 0 Å². The van der Waals surface area contributed by atoms with Crippen LogP contribution in [-0.4, -0.2) is 15.7 Å². The summed E-state index contributed by atoms with van der Waals surface area (Å²) in [5.74, 6) is -0.180. The second kappa shape index (κ2) is 6.43. The van der Waals surface area contributed by atoms with Crippen LogP contribution in [0.2, 0.25) is 0 Å². The summed E-state index contributed by atoms with van der Waals surface area (Å²) in [5, 5.41) is 7.21. The normalized spacial score (nSPS) is 10.6. The highest BCUT2D eigenvalue weighted by Crippen LogP contribution is 2.16. The highest BCUT2D eigenvalue weighted by molar-refractivity contribution is 5.97. The third-order valence-corrected chi connectivity index (χ3v) is 3.63. The van der Waals surface area contributed by atoms with E-state index in [9.17, 15) is 4.79 Å². The van der Waals surface area contributed by atoms with Crippen molar-refractivity contribution in [2.24, 2.45) is 0 Å². The zero-order chi connectivity index (χ0) is 15.4. The van der Waals surface area contributed by atoms with Crippen molar-refractivity contribution in [1.29, 1.82) is 0 Å². The van der Waals surface area contributed by atoms with Crippen molar-refractivity contribution in [3.63, 3.8) is 0 Å². The number of carbonyl (C=O) groups excluding carboxylic acids is 1. The predicted molar refractivity (Wildman–Crippen MR) is 84.0 cm³/mol. The van der Waals surface area contributed by atoms with Gasteiger partial charge >= 0.3 is 0 Å². The van der Waals surface area contributed by atoms with Gasteiger partial charge in [-0.05, 0) is 31.4 Å². The minimum absolute atomic E-state index is 0.180. The molecule has 0 bridgehead atoms. The molecular formula is C16H22N4O. The van der Waals surface area contributed by atoms with Gasteiger partial charge in [0.2, 0.25) is 0 Å². The molecule has 5 heteroatoms. The average molecular weight is 286 g/mol. The van der Waals surface area contributed by atoms with Gasteiger partial charge in [-0.2, -0.15) is 5.10 Å². The van der Waals surface area contributed by atoms with Crippen molar-refractivity contribution in [2.45, 2.75) is 40.3 Å². The fourth-order valence-corrected chi connectivity index (χ4v) is 2.40. The number of nitrogens with two attached hydrogens (primary N) is 1. The molecular weight excluding hydrogens is 264 g/mol. The van der Waals surface area contributed by atoms with E-state index in [1.807, 2.05) is 32.0 Å². The van der Waals surface area contributed by atoms with Crippen LogP contribution in [0.15, 0.2) is 24.3 Å². The van der Waals surface area contributed by atoms with Gasteiger partial charge in [-0.3, -0.25) is 9.48 Å². The molecule has 0 saturated heterocycles. The van der Waals surface area contributed by atoms with Crippen LogP contribution in [0.5, 0.6) is 0 Å². The largest absolute Gasteiger partial charge is 0.395 e. The lowest BCUT2D eigenvalue weighted by Crippen LogP contribution is -2.27. The standard InChI is InChI=1S/C16H22N4O/c1-4-12-8-6-7-9-13(12)10-18-16(21)15-14(17)11(3)19-20(15)5-2/h6-9H,4-5,10,17H2,1-3H3,(H,18,21). The Balaban J connectivity index is 2.16. The number of amides is 1. The lowest BCUT2D eigenvalue weighted by molar-refractivity contribution is 0.0941. The first-order valence-electron chi connectivity index (χ1n) is 7.26. The Bertz CT molecular complexity index is 646. The van der Waals surface area contributed by atoms with Crippen molar-refractivity contribution in [3.8, 4) is 0 Å². The number of hydrogen-bond acceptors (Lipinski definition) is 3. The van der Waals surface area contributed by atoms with E-state index >= 15 is 0 Å². The van der Waals surface area contributed by atoms with Gasteiger partial charge in [0.1, 0.15) is 5.69 Å². The molecule has 0 fully saturated rings. The van der Waals surface area contributed by atoms with Gasteiger partial charge in [0.25, 0.3) is 5.91 Å². The molecule has 1 aromatic heterocycles. The van der Waals surface area contributed by atoms with E-state index in [0.717, 1.165) is 12.0 Å². The maximum Gasteiger partial charge on any atom is 0.271 e. The van der Waals surface area contributed by atoms with Crippen LogP contribution < -0.4 is 11.1 Å². The zero-order valence-electron chi connectivity index (χ0n) is 12.8. The summed E-state index contributed by atoms with van der Waals surface area (Å²) in [6.45, 7) is 6.97. The van der Waals surface area contributed by atoms with E-state index in [-0.39, 0.29) is 5.91 Å². The summed E-state index contributed by atoms with van der Waals surface area (Å²) < 4.78 is 1.64. The molecule has 112 valence electrons. The smallest absolute Gasteiger partial charge is 0.271 e. The minimum Gasteiger partial charge on any atom is -0.395 e. The van der Waals surface area contributed by atoms with Crippen LogP contribution in [-0.2, 0) is 19.5 Å². The summed E-state index contributed by atoms with van der Waals surface area (Å²) in [5.41, 5.74) is 9.93. The van der Waals surface area contributed by atoms with Gasteiger partial charge < -0.3 is 11.1 Å². The van der Waals surface area contributed by atoms with E-state index in [1.165, 1.54) is 5.56 Å². The first-order valence-corrected chi connectivity index (χ1v) is 7.26. The Kier molecular flexibility index (Phi) is 4.62. The Morgan fingerprint density at radius 1 is 1.29 bits per heavy atom. The highest BCUT2D eigenvalue weighted by Gasteiger charge is 2.18. The summed E-state index contributed by atoms with van der Waals surface area (Å²) in [6.07, 6.45) is 0.945. The number of nitrogen functional groups attached to an aromatic ring is 1. The maximum atomic E-state index is 12.4. The molecule has 3 N–H and O–H groups in total. The van der Waals surface area contributed by atoms with Crippen LogP contribution >= 0.6 is 0 Å². The number of benzene rings is 1. The van der Waals surface area contributed by atoms with Crippen LogP contribution in [0.1, 0.15) is 41.2 Å². The van der Waals surface area contributed by atoms with Crippen molar-refractivity contribution in [3.05, 3.63) is 46.8 Å². The number of aryl methyl sites for hydroxylation is 3. The number of hydrogen-bond donors (Lipinski definition) is 2. The lowest BCUT2D eigenvalue weighted by atomic mass is 10.1. The zero-order valence-corrected chi connectivity index (χ0v) is 12.8. The molecule has 0 spiro atoms. The van der Waals surface area contributed by atoms with E-state index in [4.69, 9.17) is 5.73 Å². The van der Waals surface area contributed by atoms with Crippen molar-refractivity contribution in [1.82, 2.24) is 15.1 Å². The molecule has 2 aromatic rings. The molecule has 1 aromatic carbocycles. The molecule has 0 radical (unpaired) electrons. The average Bonchev–Trinajstić information content (AvgIpc) is 2.80. The van der Waals surface area contributed by atoms with E-state index in [0.29, 0.717) is 30.2 Å². The maximum absolute atomic E-state index is 12.4. The summed E-state index contributed by atoms with van der Waals surface area (Å²) in [7, 11) is 0. The fourth-order valence-electron chi connectivity index (χ4n) is 2.40. The van der Waals surface area contributed by atoms with Crippen LogP contribution in [0.4, 0.5) is 5.69 Å². The van der Waals surface area contributed by atoms with E-state index < -0.39 is 0 Å². The first-order chi connectivity index (χ1) is 10.1. The topological polar surface area (TPSA) is 72.9 Å². The number of nitrogens with one attached hydrogen (secondary N) is 1. The molecule has 0 unspecified atom stereocenters. The SMILES string of the molecule is CCc1ccccc1CNC(=O)c1c(N)c(C)nn1CC. The van der Waals surface area contributed by atoms with Crippen LogP contribution in [0.25, 0.3) is 0 Å². The molecule has 0 atom stereocenters. The quantitative estimate of drug-likeness (QED) is 0.885. The molecule has 21 heavy (non-hydrogen) atoms. The highest BCUT2D eigenvalue weighted by atomic mass is 16.2. The second-order valence-electron chi connectivity index (χ2n) is 4.97. The van der Waals surface area contributed by atoms with Crippen molar-refractivity contribution < 1.29 is 4.79 Å². The van der Waals surface area contributed by atoms with Gasteiger partial charge in [-0.25, -0.2) is 0 Å². The van der Waals surface area contributed by atoms with Gasteiger partial charge in [-0.1, -0.05) is 31.2 Å². The number of aromatic nitrogens is 2. The molecule has 1 heterocycles. The van der Waals surface area contributed by atoms with E-state index in [1.54, 1.807) is 4.68 Å². The molecule has 0 saturated carbocycles. The molecule has 0 aliphatic rings. The van der Waals surface area contributed by atoms with Gasteiger partial charge in [0, 0.05) is 13.1 Å². The molecule has 1 amide bonds. The minimum atomic E-state index is -0.180. The third kappa shape index (κ3) is 3.07. The van der Waals surface area contributed by atoms with Crippen LogP contribution in [0.3, 0.4) is 0 Å². The Labute approximate surface area is 125 Å². The summed E-state index contributed by atoms with van der Waals surface area (Å²) >= 11 is 0. The van der Waals surface area contributed by atoms with Crippen molar-refractivity contribution >= 4 is 11.6 Å². The third-order valence-electron chi connectivity index (χ3n) is 3.63. The van der Waals surface area contributed by atoms with Crippen LogP contribution in [0, 0.1) is 6.92 Å². The Morgan fingerprint density at radius 2 is 1.95 bits per heavy atom. The molecule has 5 nitrogen and oxygen atoms in total. The lowest BCUT2D eigenvalue weighted by Gasteiger charge is -2.10. The summed E-state index contributed by atoms with van der Waals surface area (Å²) in [4.78, 5) is 12.4. The molecule has 0 aliphatic carbocycles. The first kappa shape index (κ1) is 15.1. The number of anilines is 1. The molecule has 0 aliphatic heterocycles. The number of rotatable bonds is 5. The number of carbonyl (C=O) groups is 1. The predicted octanol–water partition coefficient (Wildman–Crippen LogP) is 2.29. The van der Waals surface area contributed by atoms with Gasteiger partial charge in [0.15, 0.2) is 0 Å². The molecule has 2 rings (SSSR count). The van der Waals surface area contributed by atoms with Gasteiger partial charge in [0.05, 0.1) is 11.4 Å². The monoisotopic (exact) mass is 286 g/mol.